The fourth-order valence-corrected chi connectivity index (χ4v) is 4.16. The van der Waals surface area contributed by atoms with E-state index in [4.69, 9.17) is 4.74 Å². The van der Waals surface area contributed by atoms with Gasteiger partial charge in [-0.3, -0.25) is 9.78 Å². The molecule has 2 aromatic heterocycles. The second kappa shape index (κ2) is 6.23. The third-order valence-electron chi connectivity index (χ3n) is 5.04. The Kier molecular flexibility index (Phi) is 3.82. The van der Waals surface area contributed by atoms with Crippen LogP contribution in [0.1, 0.15) is 22.1 Å². The maximum atomic E-state index is 12.5. The highest BCUT2D eigenvalue weighted by molar-refractivity contribution is 7.80. The first-order valence-corrected chi connectivity index (χ1v) is 9.34. The molecule has 1 unspecified atom stereocenters. The Morgan fingerprint density at radius 1 is 1.22 bits per heavy atom. The van der Waals surface area contributed by atoms with E-state index in [-0.39, 0.29) is 5.91 Å². The summed E-state index contributed by atoms with van der Waals surface area (Å²) < 4.78 is 7.83. The van der Waals surface area contributed by atoms with Crippen molar-refractivity contribution in [2.24, 2.45) is 0 Å². The van der Waals surface area contributed by atoms with Gasteiger partial charge in [-0.25, -0.2) is 0 Å². The lowest BCUT2D eigenvalue weighted by Gasteiger charge is -2.12. The lowest BCUT2D eigenvalue weighted by molar-refractivity contribution is 0.0852. The van der Waals surface area contributed by atoms with E-state index in [1.54, 1.807) is 12.3 Å². The van der Waals surface area contributed by atoms with E-state index < -0.39 is 6.23 Å². The maximum absolute atomic E-state index is 12.5. The number of aliphatic hydroxyl groups is 1. The third kappa shape index (κ3) is 2.29. The van der Waals surface area contributed by atoms with Crippen LogP contribution in [-0.2, 0) is 11.5 Å². The van der Waals surface area contributed by atoms with Crippen LogP contribution in [0.5, 0.6) is 0 Å². The van der Waals surface area contributed by atoms with Crippen molar-refractivity contribution in [3.8, 4) is 0 Å². The molecule has 3 heterocycles. The first kappa shape index (κ1) is 16.6. The fourth-order valence-electron chi connectivity index (χ4n) is 4.03. The topological polar surface area (TPSA) is 76.4 Å². The van der Waals surface area contributed by atoms with E-state index in [2.05, 4.69) is 27.5 Å². The van der Waals surface area contributed by atoms with Gasteiger partial charge in [-0.15, -0.1) is 0 Å². The Morgan fingerprint density at radius 2 is 2.04 bits per heavy atom. The molecule has 136 valence electrons. The summed E-state index contributed by atoms with van der Waals surface area (Å²) in [4.78, 5) is 17.1. The number of fused-ring (bicyclic) bond motifs is 8. The first-order valence-electron chi connectivity index (χ1n) is 8.71. The van der Waals surface area contributed by atoms with Crippen molar-refractivity contribution in [2.45, 2.75) is 13.0 Å². The lowest BCUT2D eigenvalue weighted by atomic mass is 9.97. The zero-order chi connectivity index (χ0) is 18.5. The van der Waals surface area contributed by atoms with Gasteiger partial charge in [0.05, 0.1) is 28.7 Å². The molecule has 0 bridgehead atoms. The monoisotopic (exact) mass is 379 g/mol. The molecule has 0 saturated carbocycles. The smallest absolute Gasteiger partial charge is 0.254 e. The Balaban J connectivity index is 1.99. The number of ether oxygens (including phenoxy) is 1. The second-order valence-electron chi connectivity index (χ2n) is 6.49. The summed E-state index contributed by atoms with van der Waals surface area (Å²) in [7, 11) is 0. The summed E-state index contributed by atoms with van der Waals surface area (Å²) in [6.07, 6.45) is 0.672. The number of nitrogens with one attached hydrogen (secondary N) is 1. The van der Waals surface area contributed by atoms with Crippen molar-refractivity contribution in [1.82, 2.24) is 14.9 Å². The molecule has 0 spiro atoms. The van der Waals surface area contributed by atoms with E-state index in [1.165, 1.54) is 0 Å². The molecule has 2 N–H and O–H groups in total. The van der Waals surface area contributed by atoms with E-state index in [0.717, 1.165) is 32.7 Å². The fraction of sp³-hybridized carbons (Fsp3) is 0.200. The highest BCUT2D eigenvalue weighted by atomic mass is 32.1. The molecule has 5 rings (SSSR count). The molecule has 1 aliphatic rings. The molecular formula is C20H17N3O3S. The van der Waals surface area contributed by atoms with Crippen LogP contribution in [0.2, 0.25) is 0 Å². The van der Waals surface area contributed by atoms with Crippen LogP contribution in [0, 0.1) is 0 Å². The van der Waals surface area contributed by atoms with Gasteiger partial charge < -0.3 is 19.7 Å². The molecule has 6 nitrogen and oxygen atoms in total. The minimum absolute atomic E-state index is 0.277. The molecular weight excluding hydrogens is 362 g/mol. The number of carbonyl (C=O) groups excluding carboxylic acids is 1. The Morgan fingerprint density at radius 3 is 2.89 bits per heavy atom. The van der Waals surface area contributed by atoms with Gasteiger partial charge in [-0.05, 0) is 12.1 Å². The van der Waals surface area contributed by atoms with Gasteiger partial charge in [0.2, 0.25) is 0 Å². The summed E-state index contributed by atoms with van der Waals surface area (Å²) in [6.45, 7) is 0.864. The van der Waals surface area contributed by atoms with Crippen LogP contribution >= 0.6 is 12.6 Å². The van der Waals surface area contributed by atoms with E-state index in [0.29, 0.717) is 30.2 Å². The van der Waals surface area contributed by atoms with Crippen LogP contribution < -0.4 is 5.32 Å². The number of nitrogens with zero attached hydrogens (tertiary/aromatic N) is 2. The molecule has 0 saturated heterocycles. The third-order valence-corrected chi connectivity index (χ3v) is 5.22. The van der Waals surface area contributed by atoms with Crippen molar-refractivity contribution in [1.29, 1.82) is 0 Å². The minimum atomic E-state index is -1.04. The van der Waals surface area contributed by atoms with Gasteiger partial charge in [0.15, 0.2) is 6.23 Å². The Labute approximate surface area is 160 Å². The van der Waals surface area contributed by atoms with Crippen molar-refractivity contribution in [3.05, 3.63) is 53.7 Å². The number of pyridine rings is 1. The van der Waals surface area contributed by atoms with Gasteiger partial charge in [0.25, 0.3) is 5.91 Å². The predicted octanol–water partition coefficient (Wildman–Crippen LogP) is 2.98. The summed E-state index contributed by atoms with van der Waals surface area (Å²) in [5.74, 6) is 0.350. The van der Waals surface area contributed by atoms with Gasteiger partial charge >= 0.3 is 0 Å². The zero-order valence-electron chi connectivity index (χ0n) is 14.3. The van der Waals surface area contributed by atoms with E-state index in [1.807, 2.05) is 30.3 Å². The van der Waals surface area contributed by atoms with Crippen LogP contribution in [0.25, 0.3) is 32.7 Å². The zero-order valence-corrected chi connectivity index (χ0v) is 15.2. The number of thiol groups is 1. The average Bonchev–Trinajstić information content (AvgIpc) is 3.17. The molecule has 1 aliphatic heterocycles. The second-order valence-corrected chi connectivity index (χ2v) is 6.94. The summed E-state index contributed by atoms with van der Waals surface area (Å²) in [5.41, 5.74) is 3.66. The lowest BCUT2D eigenvalue weighted by Crippen LogP contribution is -2.18. The number of rotatable bonds is 4. The molecule has 0 radical (unpaired) electrons. The van der Waals surface area contributed by atoms with Crippen LogP contribution in [-0.4, -0.2) is 32.9 Å². The van der Waals surface area contributed by atoms with Gasteiger partial charge in [-0.1, -0.05) is 24.3 Å². The quantitative estimate of drug-likeness (QED) is 0.376. The van der Waals surface area contributed by atoms with Gasteiger partial charge in [0, 0.05) is 33.7 Å². The number of para-hydroxylation sites is 1. The largest absolute Gasteiger partial charge is 0.369 e. The average molecular weight is 379 g/mol. The highest BCUT2D eigenvalue weighted by Crippen LogP contribution is 2.42. The minimum Gasteiger partial charge on any atom is -0.369 e. The molecule has 0 aliphatic carbocycles. The standard InChI is InChI=1S/C20H17N3O3S/c24-19-15-12-5-3-7-21-17(12)18-14(16(15)20(25)22-19)11-4-1-2-6-13(11)23(18)10-26-8-9-27/h1-7,20,25,27H,8-10H2,(H,22,24). The maximum Gasteiger partial charge on any atom is 0.254 e. The number of aromatic nitrogens is 2. The van der Waals surface area contributed by atoms with E-state index >= 15 is 0 Å². The van der Waals surface area contributed by atoms with Crippen LogP contribution in [0.3, 0.4) is 0 Å². The Bertz CT molecular complexity index is 1220. The molecule has 1 atom stereocenters. The van der Waals surface area contributed by atoms with Crippen LogP contribution in [0.15, 0.2) is 42.6 Å². The number of amides is 1. The van der Waals surface area contributed by atoms with Crippen molar-refractivity contribution < 1.29 is 14.6 Å². The van der Waals surface area contributed by atoms with Gasteiger partial charge in [-0.2, -0.15) is 12.6 Å². The molecule has 1 amide bonds. The van der Waals surface area contributed by atoms with Gasteiger partial charge in [0.1, 0.15) is 6.73 Å². The first-order chi connectivity index (χ1) is 13.2. The molecule has 27 heavy (non-hydrogen) atoms. The van der Waals surface area contributed by atoms with Crippen LogP contribution in [0.4, 0.5) is 0 Å². The summed E-state index contributed by atoms with van der Waals surface area (Å²) in [5, 5.41) is 15.7. The predicted molar refractivity (Wildman–Crippen MR) is 107 cm³/mol. The molecule has 4 aromatic rings. The number of carbonyl (C=O) groups is 1. The van der Waals surface area contributed by atoms with Crippen molar-refractivity contribution >= 4 is 51.2 Å². The van der Waals surface area contributed by atoms with Crippen molar-refractivity contribution in [2.75, 3.05) is 12.4 Å². The number of benzene rings is 2. The molecule has 2 aromatic carbocycles. The SMILES string of the molecule is O=C1NC(O)c2c1c1cccnc1c1c2c2ccccc2n1COCCS. The van der Waals surface area contributed by atoms with Crippen molar-refractivity contribution in [3.63, 3.8) is 0 Å². The molecule has 0 fully saturated rings. The highest BCUT2D eigenvalue weighted by Gasteiger charge is 2.34. The number of aliphatic hydroxyl groups excluding tert-OH is 1. The number of hydrogen-bond acceptors (Lipinski definition) is 5. The number of hydrogen-bond donors (Lipinski definition) is 3. The van der Waals surface area contributed by atoms with E-state index in [9.17, 15) is 9.90 Å². The Hall–Kier alpha value is -2.61. The normalized spacial score (nSPS) is 16.4. The summed E-state index contributed by atoms with van der Waals surface area (Å²) in [6, 6.07) is 11.6. The molecule has 7 heteroatoms. The summed E-state index contributed by atoms with van der Waals surface area (Å²) >= 11 is 4.21.